The summed E-state index contributed by atoms with van der Waals surface area (Å²) >= 11 is 0. The summed E-state index contributed by atoms with van der Waals surface area (Å²) in [5.74, 6) is -2.94. The van der Waals surface area contributed by atoms with Crippen molar-refractivity contribution in [2.45, 2.75) is 58.6 Å². The summed E-state index contributed by atoms with van der Waals surface area (Å²) in [6.07, 6.45) is 3.93. The summed E-state index contributed by atoms with van der Waals surface area (Å²) in [5.41, 5.74) is 16.8. The van der Waals surface area contributed by atoms with Crippen LogP contribution in [-0.2, 0) is 44.9 Å². The highest BCUT2D eigenvalue weighted by atomic mass is 16.7. The van der Waals surface area contributed by atoms with Crippen LogP contribution in [0, 0.1) is 5.41 Å². The van der Waals surface area contributed by atoms with Gasteiger partial charge in [0.1, 0.15) is 19.4 Å². The van der Waals surface area contributed by atoms with Crippen molar-refractivity contribution < 1.29 is 53.7 Å². The Balaban J connectivity index is 0.00000144. The highest BCUT2D eigenvalue weighted by Gasteiger charge is 2.22. The fraction of sp³-hybridized carbons (Fsp3) is 0.643. The van der Waals surface area contributed by atoms with Gasteiger partial charge in [-0.1, -0.05) is 24.3 Å². The average Bonchev–Trinajstić information content (AvgIpc) is 3.25. The number of hydrogen-bond acceptors (Lipinski definition) is 17. The molecule has 1 aromatic carbocycles. The van der Waals surface area contributed by atoms with Gasteiger partial charge in [0.05, 0.1) is 44.2 Å². The number of carbonyl (C=O) groups excluding carboxylic acids is 3. The molecule has 0 atom stereocenters. The molecule has 2 amide bonds. The monoisotopic (exact) mass is 953 g/mol. The molecule has 1 saturated heterocycles. The second-order valence-electron chi connectivity index (χ2n) is 15.9. The van der Waals surface area contributed by atoms with Gasteiger partial charge in [0.15, 0.2) is 5.84 Å². The predicted molar refractivity (Wildman–Crippen MR) is 253 cm³/mol. The van der Waals surface area contributed by atoms with Gasteiger partial charge in [-0.05, 0) is 46.2 Å². The van der Waals surface area contributed by atoms with Crippen LogP contribution in [0.2, 0.25) is 0 Å². The van der Waals surface area contributed by atoms with Gasteiger partial charge in [-0.15, -0.1) is 10.2 Å². The SMILES string of the molecule is CC(=N)N.CNCCOC(C)(C)CCN(C)OCNC(=O)CN1CCN(CC(=O)O)CCN(CC(=O)O)CCN(CC(=O)O)CC1.N/C=N\N=C(/N)c1ccc(CNC(=O)CCCC=O)cc1. The van der Waals surface area contributed by atoms with Crippen LogP contribution in [0.3, 0.4) is 0 Å². The summed E-state index contributed by atoms with van der Waals surface area (Å²) in [6.45, 7) is 9.92. The standard InChI is InChI=1S/C26H51N7O9.C14H19N5O2.C2H6N2/c1-26(2,41-16-6-27-3)5-7-29(4)42-21-28-22(34)17-30-8-10-31(18-23(35)36)12-14-33(20-25(39)40)15-13-32(11-9-30)19-24(37)38;15-10-18-19-14(16)12-6-4-11(5-7-12)9-17-13(21)3-1-2-8-20;1-2(3)4/h27H,5-21H2,1-4H3,(H,28,34)(H,35,36)(H,37,38)(H,39,40);4-8,10H,1-3,9H2,(H2,15,18)(H2,16,19)(H,17,21);1H3,(H3,3,4). The third-order valence-corrected chi connectivity index (χ3v) is 9.50. The zero-order chi connectivity index (χ0) is 50.6. The number of unbranched alkanes of at least 4 members (excludes halogenated alkanes) is 1. The fourth-order valence-corrected chi connectivity index (χ4v) is 5.84. The number of hydroxylamine groups is 2. The summed E-state index contributed by atoms with van der Waals surface area (Å²) < 4.78 is 5.86. The molecule has 2 rings (SSSR count). The smallest absolute Gasteiger partial charge is 0.317 e. The molecule has 0 unspecified atom stereocenters. The molecule has 0 radical (unpaired) electrons. The van der Waals surface area contributed by atoms with Crippen LogP contribution < -0.4 is 33.2 Å². The number of aldehydes is 1. The molecule has 0 aliphatic carbocycles. The van der Waals surface area contributed by atoms with Gasteiger partial charge in [-0.3, -0.25) is 53.8 Å². The molecule has 25 nitrogen and oxygen atoms in total. The number of carboxylic acid groups (broad SMARTS) is 3. The maximum Gasteiger partial charge on any atom is 0.317 e. The lowest BCUT2D eigenvalue weighted by Crippen LogP contribution is -2.50. The number of carbonyl (C=O) groups is 6. The quantitative estimate of drug-likeness (QED) is 0.0120. The van der Waals surface area contributed by atoms with E-state index in [1.807, 2.05) is 37.9 Å². The van der Waals surface area contributed by atoms with Crippen molar-refractivity contribution in [3.05, 3.63) is 35.4 Å². The molecular weight excluding hydrogens is 877 g/mol. The number of nitrogens with one attached hydrogen (secondary N) is 4. The van der Waals surface area contributed by atoms with Gasteiger partial charge in [-0.25, -0.2) is 0 Å². The van der Waals surface area contributed by atoms with E-state index in [0.29, 0.717) is 91.3 Å². The number of rotatable bonds is 26. The van der Waals surface area contributed by atoms with E-state index in [9.17, 15) is 44.1 Å². The second-order valence-corrected chi connectivity index (χ2v) is 15.9. The number of nitrogens with two attached hydrogens (primary N) is 3. The van der Waals surface area contributed by atoms with Crippen molar-refractivity contribution in [3.8, 4) is 0 Å². The van der Waals surface area contributed by atoms with Gasteiger partial charge in [0.2, 0.25) is 11.8 Å². The lowest BCUT2D eigenvalue weighted by atomic mass is 10.1. The molecule has 0 spiro atoms. The molecule has 1 aliphatic heterocycles. The van der Waals surface area contributed by atoms with Gasteiger partial charge in [0, 0.05) is 97.4 Å². The molecule has 13 N–H and O–H groups in total. The Morgan fingerprint density at radius 2 is 1.31 bits per heavy atom. The van der Waals surface area contributed by atoms with Crippen LogP contribution in [0.1, 0.15) is 57.6 Å². The van der Waals surface area contributed by atoms with E-state index >= 15 is 0 Å². The van der Waals surface area contributed by atoms with Gasteiger partial charge < -0.3 is 58.0 Å². The number of amides is 2. The Kier molecular flexibility index (Phi) is 33.4. The fourth-order valence-electron chi connectivity index (χ4n) is 5.84. The number of aliphatic carboxylic acids is 3. The third kappa shape index (κ3) is 35.2. The Morgan fingerprint density at radius 3 is 1.75 bits per heavy atom. The molecule has 0 saturated carbocycles. The number of benzene rings is 1. The van der Waals surface area contributed by atoms with Crippen molar-refractivity contribution in [2.24, 2.45) is 27.4 Å². The summed E-state index contributed by atoms with van der Waals surface area (Å²) in [4.78, 5) is 81.1. The van der Waals surface area contributed by atoms with Crippen molar-refractivity contribution in [3.63, 3.8) is 0 Å². The average molecular weight is 953 g/mol. The minimum atomic E-state index is -1.01. The predicted octanol–water partition coefficient (Wildman–Crippen LogP) is -1.97. The maximum absolute atomic E-state index is 12.7. The lowest BCUT2D eigenvalue weighted by Gasteiger charge is -2.32. The minimum Gasteiger partial charge on any atom is -0.480 e. The Labute approximate surface area is 393 Å². The number of likely N-dealkylation sites (N-methyl/N-ethyl adjacent to an activating group) is 1. The zero-order valence-corrected chi connectivity index (χ0v) is 39.8. The van der Waals surface area contributed by atoms with Crippen molar-refractivity contribution in [1.82, 2.24) is 40.6 Å². The molecule has 0 bridgehead atoms. The molecule has 67 heavy (non-hydrogen) atoms. The first-order valence-corrected chi connectivity index (χ1v) is 21.8. The molecular formula is C42H76N14O11. The number of nitrogens with zero attached hydrogens (tertiary/aromatic N) is 7. The van der Waals surface area contributed by atoms with Crippen LogP contribution >= 0.6 is 0 Å². The van der Waals surface area contributed by atoms with Gasteiger partial charge >= 0.3 is 17.9 Å². The van der Waals surface area contributed by atoms with Crippen molar-refractivity contribution >= 4 is 54.0 Å². The van der Waals surface area contributed by atoms with Crippen LogP contribution in [-0.4, -0.2) is 219 Å². The van der Waals surface area contributed by atoms with E-state index < -0.39 is 17.9 Å². The first kappa shape index (κ1) is 61.3. The molecule has 25 heteroatoms. The topological polar surface area (TPSA) is 360 Å². The van der Waals surface area contributed by atoms with Crippen LogP contribution in [0.4, 0.5) is 0 Å². The number of hydrogen-bond donors (Lipinski definition) is 10. The van der Waals surface area contributed by atoms with Crippen molar-refractivity contribution in [2.75, 3.05) is 119 Å². The normalized spacial score (nSPS) is 14.9. The Morgan fingerprint density at radius 1 is 0.836 bits per heavy atom. The zero-order valence-electron chi connectivity index (χ0n) is 39.8. The Bertz CT molecular complexity index is 1650. The van der Waals surface area contributed by atoms with E-state index in [2.05, 4.69) is 26.2 Å². The van der Waals surface area contributed by atoms with Crippen molar-refractivity contribution in [1.29, 1.82) is 5.41 Å². The first-order chi connectivity index (χ1) is 31.7. The molecule has 1 heterocycles. The molecule has 1 fully saturated rings. The van der Waals surface area contributed by atoms with Crippen LogP contribution in [0.5, 0.6) is 0 Å². The molecule has 0 aromatic heterocycles. The maximum atomic E-state index is 12.7. The highest BCUT2D eigenvalue weighted by Crippen LogP contribution is 2.14. The molecule has 1 aliphatic rings. The Hall–Kier alpha value is -5.67. The highest BCUT2D eigenvalue weighted by molar-refractivity contribution is 5.97. The summed E-state index contributed by atoms with van der Waals surface area (Å²) in [6, 6.07) is 7.27. The summed E-state index contributed by atoms with van der Waals surface area (Å²) in [7, 11) is 3.64. The van der Waals surface area contributed by atoms with Crippen LogP contribution in [0.25, 0.3) is 0 Å². The third-order valence-electron chi connectivity index (χ3n) is 9.50. The van der Waals surface area contributed by atoms with E-state index in [4.69, 9.17) is 32.2 Å². The molecule has 380 valence electrons. The first-order valence-electron chi connectivity index (χ1n) is 21.8. The van der Waals surface area contributed by atoms with Gasteiger partial charge in [0.25, 0.3) is 0 Å². The molecule has 1 aromatic rings. The number of carboxylic acids is 3. The largest absolute Gasteiger partial charge is 0.480 e. The van der Waals surface area contributed by atoms with Gasteiger partial charge in [-0.2, -0.15) is 5.06 Å². The second kappa shape index (κ2) is 36.4. The van der Waals surface area contributed by atoms with E-state index in [1.54, 1.807) is 38.9 Å². The lowest BCUT2D eigenvalue weighted by molar-refractivity contribution is -0.161. The summed E-state index contributed by atoms with van der Waals surface area (Å²) in [5, 5.41) is 51.6. The van der Waals surface area contributed by atoms with E-state index in [-0.39, 0.29) is 62.0 Å². The van der Waals surface area contributed by atoms with E-state index in [0.717, 1.165) is 36.7 Å². The minimum absolute atomic E-state index is 0.0202. The van der Waals surface area contributed by atoms with Crippen LogP contribution in [0.15, 0.2) is 34.5 Å². The number of ether oxygens (including phenoxy) is 1. The number of amidine groups is 2. The van der Waals surface area contributed by atoms with E-state index in [1.165, 1.54) is 6.92 Å².